The molecule has 4 heterocycles. The number of nitrogens with zero attached hydrogens (tertiary/aromatic N) is 5. The van der Waals surface area contributed by atoms with Crippen molar-refractivity contribution in [3.8, 4) is 22.7 Å². The van der Waals surface area contributed by atoms with Gasteiger partial charge in [-0.15, -0.1) is 0 Å². The van der Waals surface area contributed by atoms with Gasteiger partial charge in [0.05, 0.1) is 0 Å². The summed E-state index contributed by atoms with van der Waals surface area (Å²) >= 11 is 0. The molecular weight excluding hydrogens is 397 g/mol. The number of benzene rings is 1. The van der Waals surface area contributed by atoms with Crippen LogP contribution in [0.3, 0.4) is 0 Å². The first-order valence-corrected chi connectivity index (χ1v) is 10.1. The van der Waals surface area contributed by atoms with Crippen molar-refractivity contribution >= 4 is 11.8 Å². The highest BCUT2D eigenvalue weighted by molar-refractivity contribution is 5.75. The van der Waals surface area contributed by atoms with Crippen LogP contribution in [0.5, 0.6) is 0 Å². The van der Waals surface area contributed by atoms with E-state index in [-0.39, 0.29) is 11.7 Å². The molecule has 1 fully saturated rings. The minimum absolute atomic E-state index is 0.231. The second-order valence-corrected chi connectivity index (χ2v) is 7.25. The van der Waals surface area contributed by atoms with Crippen LogP contribution in [0.2, 0.25) is 0 Å². The van der Waals surface area contributed by atoms with Gasteiger partial charge in [-0.2, -0.15) is 0 Å². The molecule has 5 rings (SSSR count). The molecule has 0 amide bonds. The van der Waals surface area contributed by atoms with Crippen molar-refractivity contribution in [2.24, 2.45) is 0 Å². The topological polar surface area (TPSA) is 102 Å². The second kappa shape index (κ2) is 8.57. The lowest BCUT2D eigenvalue weighted by molar-refractivity contribution is 0.378. The van der Waals surface area contributed by atoms with Gasteiger partial charge in [0, 0.05) is 23.9 Å². The zero-order valence-corrected chi connectivity index (χ0v) is 16.6. The number of piperidine rings is 1. The predicted octanol–water partition coefficient (Wildman–Crippen LogP) is 3.94. The quantitative estimate of drug-likeness (QED) is 0.504. The van der Waals surface area contributed by atoms with Crippen molar-refractivity contribution in [2.45, 2.75) is 18.8 Å². The van der Waals surface area contributed by atoms with E-state index < -0.39 is 0 Å². The van der Waals surface area contributed by atoms with E-state index in [1.54, 1.807) is 36.7 Å². The Morgan fingerprint density at radius 3 is 2.58 bits per heavy atom. The number of anilines is 2. The average molecular weight is 417 g/mol. The van der Waals surface area contributed by atoms with E-state index in [9.17, 15) is 4.39 Å². The third-order valence-corrected chi connectivity index (χ3v) is 5.16. The zero-order chi connectivity index (χ0) is 21.0. The van der Waals surface area contributed by atoms with E-state index in [2.05, 4.69) is 30.6 Å². The highest BCUT2D eigenvalue weighted by Gasteiger charge is 2.25. The number of hydrogen-bond donors (Lipinski definition) is 2. The van der Waals surface area contributed by atoms with Crippen molar-refractivity contribution in [3.05, 3.63) is 66.8 Å². The van der Waals surface area contributed by atoms with Crippen LogP contribution in [0.4, 0.5) is 16.2 Å². The molecular formula is C22H20FN7O. The van der Waals surface area contributed by atoms with Crippen LogP contribution < -0.4 is 10.6 Å². The molecule has 2 N–H and O–H groups in total. The van der Waals surface area contributed by atoms with Gasteiger partial charge < -0.3 is 15.1 Å². The first kappa shape index (κ1) is 19.3. The van der Waals surface area contributed by atoms with Gasteiger partial charge in [-0.3, -0.25) is 0 Å². The van der Waals surface area contributed by atoms with Crippen molar-refractivity contribution in [2.75, 3.05) is 18.4 Å². The molecule has 4 aromatic rings. The molecule has 0 unspecified atom stereocenters. The van der Waals surface area contributed by atoms with Gasteiger partial charge in [0.2, 0.25) is 5.95 Å². The fourth-order valence-corrected chi connectivity index (χ4v) is 3.58. The van der Waals surface area contributed by atoms with Gasteiger partial charge in [0.25, 0.3) is 0 Å². The Morgan fingerprint density at radius 1 is 0.968 bits per heavy atom. The van der Waals surface area contributed by atoms with Gasteiger partial charge >= 0.3 is 0 Å². The van der Waals surface area contributed by atoms with E-state index in [4.69, 9.17) is 9.40 Å². The number of aromatic nitrogens is 5. The van der Waals surface area contributed by atoms with Crippen molar-refractivity contribution < 1.29 is 8.81 Å². The van der Waals surface area contributed by atoms with E-state index in [1.165, 1.54) is 18.5 Å². The lowest BCUT2D eigenvalue weighted by atomic mass is 9.98. The van der Waals surface area contributed by atoms with Crippen LogP contribution in [0.25, 0.3) is 22.7 Å². The lowest BCUT2D eigenvalue weighted by Crippen LogP contribution is -2.26. The number of nitrogens with one attached hydrogen (secondary N) is 2. The smallest absolute Gasteiger partial charge is 0.229 e. The summed E-state index contributed by atoms with van der Waals surface area (Å²) in [5.74, 6) is 2.10. The maximum absolute atomic E-state index is 13.5. The maximum atomic E-state index is 13.5. The van der Waals surface area contributed by atoms with E-state index in [0.717, 1.165) is 31.5 Å². The summed E-state index contributed by atoms with van der Waals surface area (Å²) in [6, 6.07) is 9.73. The first-order chi connectivity index (χ1) is 15.3. The molecule has 8 nitrogen and oxygen atoms in total. The SMILES string of the molecule is Fc1ccc(-c2nc(C3CCNCC3)oc2-c2ccnc(Nc3ccncn3)n2)cc1. The van der Waals surface area contributed by atoms with Crippen LogP contribution in [-0.2, 0) is 0 Å². The first-order valence-electron chi connectivity index (χ1n) is 10.1. The molecule has 1 aliphatic heterocycles. The average Bonchev–Trinajstić information content (AvgIpc) is 3.27. The van der Waals surface area contributed by atoms with Crippen LogP contribution in [0.15, 0.2) is 59.5 Å². The van der Waals surface area contributed by atoms with E-state index >= 15 is 0 Å². The molecule has 0 aliphatic carbocycles. The summed E-state index contributed by atoms with van der Waals surface area (Å²) in [6.07, 6.45) is 6.63. The van der Waals surface area contributed by atoms with E-state index in [1.807, 2.05) is 0 Å². The monoisotopic (exact) mass is 417 g/mol. The third kappa shape index (κ3) is 4.26. The van der Waals surface area contributed by atoms with Gasteiger partial charge in [-0.05, 0) is 62.3 Å². The Balaban J connectivity index is 1.54. The number of hydrogen-bond acceptors (Lipinski definition) is 8. The van der Waals surface area contributed by atoms with Crippen LogP contribution in [-0.4, -0.2) is 38.0 Å². The lowest BCUT2D eigenvalue weighted by Gasteiger charge is -2.19. The van der Waals surface area contributed by atoms with Crippen LogP contribution >= 0.6 is 0 Å². The fourth-order valence-electron chi connectivity index (χ4n) is 3.58. The normalized spacial score (nSPS) is 14.5. The molecule has 1 aromatic carbocycles. The van der Waals surface area contributed by atoms with Crippen molar-refractivity contribution in [1.82, 2.24) is 30.2 Å². The van der Waals surface area contributed by atoms with E-state index in [0.29, 0.717) is 34.8 Å². The highest BCUT2D eigenvalue weighted by atomic mass is 19.1. The Morgan fingerprint density at radius 2 is 1.81 bits per heavy atom. The summed E-state index contributed by atoms with van der Waals surface area (Å²) in [5, 5.41) is 6.41. The maximum Gasteiger partial charge on any atom is 0.229 e. The summed E-state index contributed by atoms with van der Waals surface area (Å²) in [6.45, 7) is 1.85. The van der Waals surface area contributed by atoms with Gasteiger partial charge in [0.1, 0.15) is 29.4 Å². The number of halogens is 1. The van der Waals surface area contributed by atoms with Crippen molar-refractivity contribution in [1.29, 1.82) is 0 Å². The Hall–Kier alpha value is -3.72. The third-order valence-electron chi connectivity index (χ3n) is 5.16. The number of oxazole rings is 1. The largest absolute Gasteiger partial charge is 0.438 e. The summed E-state index contributed by atoms with van der Waals surface area (Å²) in [7, 11) is 0. The molecule has 31 heavy (non-hydrogen) atoms. The molecule has 0 bridgehead atoms. The molecule has 1 saturated heterocycles. The Labute approximate surface area is 178 Å². The zero-order valence-electron chi connectivity index (χ0n) is 16.6. The van der Waals surface area contributed by atoms with Crippen LogP contribution in [0.1, 0.15) is 24.7 Å². The van der Waals surface area contributed by atoms with Gasteiger partial charge in [-0.25, -0.2) is 29.3 Å². The Kier molecular flexibility index (Phi) is 5.32. The fraction of sp³-hybridized carbons (Fsp3) is 0.227. The molecule has 0 atom stereocenters. The summed E-state index contributed by atoms with van der Waals surface area (Å²) in [5.41, 5.74) is 1.99. The molecule has 0 radical (unpaired) electrons. The molecule has 156 valence electrons. The minimum atomic E-state index is -0.300. The Bertz CT molecular complexity index is 1160. The van der Waals surface area contributed by atoms with Crippen molar-refractivity contribution in [3.63, 3.8) is 0 Å². The van der Waals surface area contributed by atoms with Gasteiger partial charge in [-0.1, -0.05) is 0 Å². The molecule has 1 aliphatic rings. The number of rotatable bonds is 5. The van der Waals surface area contributed by atoms with Crippen LogP contribution in [0, 0.1) is 5.82 Å². The molecule has 0 saturated carbocycles. The summed E-state index contributed by atoms with van der Waals surface area (Å²) in [4.78, 5) is 21.7. The minimum Gasteiger partial charge on any atom is -0.438 e. The molecule has 9 heteroatoms. The predicted molar refractivity (Wildman–Crippen MR) is 113 cm³/mol. The standard InChI is InChI=1S/C22H20FN7O/c23-16-3-1-14(2-4-16)19-20(31-21(30-19)15-5-9-24-10-6-15)17-7-12-26-22(28-17)29-18-8-11-25-13-27-18/h1-4,7-8,11-13,15,24H,5-6,9-10H2,(H,25,26,27,28,29). The molecule has 0 spiro atoms. The second-order valence-electron chi connectivity index (χ2n) is 7.25. The van der Waals surface area contributed by atoms with Gasteiger partial charge in [0.15, 0.2) is 11.7 Å². The molecule has 3 aromatic heterocycles. The summed E-state index contributed by atoms with van der Waals surface area (Å²) < 4.78 is 19.7. The highest BCUT2D eigenvalue weighted by Crippen LogP contribution is 2.36.